The molecule has 0 amide bonds. The number of hydrogen-bond acceptors (Lipinski definition) is 4. The number of aliphatic hydroxyl groups is 1. The molecule has 0 bridgehead atoms. The summed E-state index contributed by atoms with van der Waals surface area (Å²) in [6.07, 6.45) is 2.61. The molecule has 0 radical (unpaired) electrons. The molecule has 1 aliphatic heterocycles. The van der Waals surface area contributed by atoms with E-state index in [9.17, 15) is 5.11 Å². The van der Waals surface area contributed by atoms with Gasteiger partial charge in [0.05, 0.1) is 18.3 Å². The van der Waals surface area contributed by atoms with Gasteiger partial charge in [-0.05, 0) is 44.9 Å². The molecule has 4 atom stereocenters. The molecular formula is C35H56O4Si2. The molecule has 41 heavy (non-hydrogen) atoms. The molecule has 2 aromatic rings. The van der Waals surface area contributed by atoms with Gasteiger partial charge < -0.3 is 18.7 Å². The van der Waals surface area contributed by atoms with Crippen LogP contribution in [0.1, 0.15) is 81.6 Å². The molecular weight excluding hydrogens is 541 g/mol. The lowest BCUT2D eigenvalue weighted by Crippen LogP contribution is -2.66. The summed E-state index contributed by atoms with van der Waals surface area (Å²) in [4.78, 5) is 0. The molecule has 0 unspecified atom stereocenters. The largest absolute Gasteiger partial charge is 0.410 e. The van der Waals surface area contributed by atoms with E-state index in [0.717, 1.165) is 6.42 Å². The van der Waals surface area contributed by atoms with Crippen LogP contribution in [-0.4, -0.2) is 52.8 Å². The van der Waals surface area contributed by atoms with Crippen LogP contribution in [0, 0.1) is 0 Å². The quantitative estimate of drug-likeness (QED) is 0.191. The molecule has 1 N–H and O–H groups in total. The van der Waals surface area contributed by atoms with Gasteiger partial charge in [-0.3, -0.25) is 0 Å². The molecule has 6 heteroatoms. The van der Waals surface area contributed by atoms with Gasteiger partial charge in [-0.25, -0.2) is 0 Å². The smallest absolute Gasteiger partial charge is 0.261 e. The number of rotatable bonds is 13. The van der Waals surface area contributed by atoms with E-state index < -0.39 is 22.7 Å². The van der Waals surface area contributed by atoms with Gasteiger partial charge in [0.25, 0.3) is 8.32 Å². The van der Waals surface area contributed by atoms with Crippen LogP contribution in [0.5, 0.6) is 0 Å². The maximum absolute atomic E-state index is 11.4. The Hall–Kier alpha value is -1.55. The normalized spacial score (nSPS) is 22.5. The van der Waals surface area contributed by atoms with Gasteiger partial charge in [-0.2, -0.15) is 0 Å². The molecule has 3 rings (SSSR count). The molecule has 1 heterocycles. The van der Waals surface area contributed by atoms with Crippen molar-refractivity contribution in [2.24, 2.45) is 0 Å². The molecule has 1 saturated heterocycles. The maximum atomic E-state index is 11.4. The van der Waals surface area contributed by atoms with E-state index in [1.54, 1.807) is 0 Å². The Morgan fingerprint density at radius 1 is 0.902 bits per heavy atom. The van der Waals surface area contributed by atoms with Crippen LogP contribution in [0.15, 0.2) is 73.3 Å². The first kappa shape index (κ1) is 33.9. The van der Waals surface area contributed by atoms with Crippen LogP contribution in [0.3, 0.4) is 0 Å². The van der Waals surface area contributed by atoms with Crippen molar-refractivity contribution in [2.45, 2.75) is 128 Å². The van der Waals surface area contributed by atoms with E-state index in [-0.39, 0.29) is 23.4 Å². The minimum atomic E-state index is -2.62. The minimum absolute atomic E-state index is 0.0512. The first-order valence-electron chi connectivity index (χ1n) is 15.7. The van der Waals surface area contributed by atoms with E-state index in [2.05, 4.69) is 130 Å². The van der Waals surface area contributed by atoms with Crippen LogP contribution >= 0.6 is 0 Å². The van der Waals surface area contributed by atoms with Crippen molar-refractivity contribution in [2.75, 3.05) is 6.61 Å². The minimum Gasteiger partial charge on any atom is -0.410 e. The zero-order valence-electron chi connectivity index (χ0n) is 27.1. The molecule has 4 nitrogen and oxygen atoms in total. The maximum Gasteiger partial charge on any atom is 0.261 e. The molecule has 1 aliphatic rings. The fourth-order valence-corrected chi connectivity index (χ4v) is 17.6. The predicted molar refractivity (Wildman–Crippen MR) is 178 cm³/mol. The molecule has 1 fully saturated rings. The highest BCUT2D eigenvalue weighted by molar-refractivity contribution is 6.99. The van der Waals surface area contributed by atoms with E-state index in [4.69, 9.17) is 13.6 Å². The summed E-state index contributed by atoms with van der Waals surface area (Å²) in [6.45, 7) is 25.3. The molecule has 228 valence electrons. The van der Waals surface area contributed by atoms with Crippen molar-refractivity contribution in [1.29, 1.82) is 0 Å². The second-order valence-corrected chi connectivity index (χ2v) is 23.5. The first-order valence-corrected chi connectivity index (χ1v) is 19.7. The summed E-state index contributed by atoms with van der Waals surface area (Å²) in [5.41, 5.74) is 1.35. The van der Waals surface area contributed by atoms with Crippen LogP contribution in [-0.2, 0) is 13.6 Å². The van der Waals surface area contributed by atoms with Crippen molar-refractivity contribution in [3.05, 3.63) is 73.3 Å². The van der Waals surface area contributed by atoms with Crippen molar-refractivity contribution in [3.63, 3.8) is 0 Å². The Morgan fingerprint density at radius 2 is 1.39 bits per heavy atom. The van der Waals surface area contributed by atoms with Crippen molar-refractivity contribution in [3.8, 4) is 0 Å². The summed E-state index contributed by atoms with van der Waals surface area (Å²) in [5, 5.41) is 13.9. The topological polar surface area (TPSA) is 47.9 Å². The van der Waals surface area contributed by atoms with Crippen LogP contribution in [0.2, 0.25) is 21.7 Å². The summed E-state index contributed by atoms with van der Waals surface area (Å²) >= 11 is 0. The van der Waals surface area contributed by atoms with Gasteiger partial charge in [0.2, 0.25) is 8.32 Å². The second-order valence-electron chi connectivity index (χ2n) is 13.8. The summed E-state index contributed by atoms with van der Waals surface area (Å²) in [7, 11) is -4.80. The lowest BCUT2D eigenvalue weighted by molar-refractivity contribution is -0.166. The van der Waals surface area contributed by atoms with Crippen molar-refractivity contribution < 1.29 is 18.7 Å². The Balaban J connectivity index is 1.89. The Bertz CT molecular complexity index is 1000. The van der Waals surface area contributed by atoms with E-state index >= 15 is 0 Å². The van der Waals surface area contributed by atoms with Crippen molar-refractivity contribution in [1.82, 2.24) is 0 Å². The van der Waals surface area contributed by atoms with E-state index in [1.165, 1.54) is 10.4 Å². The van der Waals surface area contributed by atoms with Gasteiger partial charge in [-0.1, -0.05) is 129 Å². The fourth-order valence-electron chi connectivity index (χ4n) is 7.46. The monoisotopic (exact) mass is 596 g/mol. The summed E-state index contributed by atoms with van der Waals surface area (Å²) in [5.74, 6) is 0. The lowest BCUT2D eigenvalue weighted by atomic mass is 9.95. The number of ether oxygens (including phenoxy) is 1. The van der Waals surface area contributed by atoms with Gasteiger partial charge >= 0.3 is 0 Å². The zero-order chi connectivity index (χ0) is 30.4. The van der Waals surface area contributed by atoms with Gasteiger partial charge in [0.1, 0.15) is 6.10 Å². The Kier molecular flexibility index (Phi) is 11.8. The first-order chi connectivity index (χ1) is 19.3. The molecule has 0 saturated carbocycles. The number of benzene rings is 2. The number of hydrogen-bond donors (Lipinski definition) is 1. The van der Waals surface area contributed by atoms with Crippen LogP contribution in [0.25, 0.3) is 0 Å². The van der Waals surface area contributed by atoms with Crippen LogP contribution in [0.4, 0.5) is 0 Å². The number of aliphatic hydroxyl groups excluding tert-OH is 1. The molecule has 0 aromatic heterocycles. The third-order valence-corrected chi connectivity index (χ3v) is 20.4. The third kappa shape index (κ3) is 7.16. The van der Waals surface area contributed by atoms with Gasteiger partial charge in [0.15, 0.2) is 0 Å². The Morgan fingerprint density at radius 3 is 1.80 bits per heavy atom. The average molecular weight is 597 g/mol. The summed E-state index contributed by atoms with van der Waals surface area (Å²) < 4.78 is 20.9. The lowest BCUT2D eigenvalue weighted by Gasteiger charge is -2.49. The highest BCUT2D eigenvalue weighted by Crippen LogP contribution is 2.45. The van der Waals surface area contributed by atoms with Crippen LogP contribution < -0.4 is 10.4 Å². The predicted octanol–water partition coefficient (Wildman–Crippen LogP) is 7.61. The highest BCUT2D eigenvalue weighted by atomic mass is 28.4. The van der Waals surface area contributed by atoms with Gasteiger partial charge in [0, 0.05) is 13.0 Å². The van der Waals surface area contributed by atoms with E-state index in [1.807, 2.05) is 6.08 Å². The van der Waals surface area contributed by atoms with Crippen molar-refractivity contribution >= 4 is 27.0 Å². The molecule has 0 aliphatic carbocycles. The average Bonchev–Trinajstić information content (AvgIpc) is 2.91. The molecule has 0 spiro atoms. The van der Waals surface area contributed by atoms with E-state index in [0.29, 0.717) is 36.1 Å². The Labute approximate surface area is 252 Å². The fraction of sp³-hybridized carbons (Fsp3) is 0.600. The third-order valence-electron chi connectivity index (χ3n) is 9.26. The summed E-state index contributed by atoms with van der Waals surface area (Å²) in [6, 6.07) is 21.6. The standard InChI is InChI=1S/C35H56O4Si2/c1-11-18-32-34(36)33(39-40(26(2)3,27(4)5)28(6)7)25-29(38-32)23-24-37-41(35(8,9)10,30-19-14-12-15-20-30)31-21-16-13-17-22-31/h11-17,19-22,26-29,32-34,36H,1,18,23-25H2,2-10H3/t29-,32-,33-,34-/m1/s1. The molecule has 2 aromatic carbocycles. The zero-order valence-corrected chi connectivity index (χ0v) is 29.1. The SMILES string of the molecule is C=CC[C@H]1O[C@H](CCO[Si](c2ccccc2)(c2ccccc2)C(C)(C)C)C[C@@H](O[Si](C(C)C)(C(C)C)C(C)C)[C@@H]1O. The second kappa shape index (κ2) is 14.3. The van der Waals surface area contributed by atoms with Gasteiger partial charge in [-0.15, -0.1) is 6.58 Å². The highest BCUT2D eigenvalue weighted by Gasteiger charge is 2.51.